The number of rotatable bonds is 3. The van der Waals surface area contributed by atoms with E-state index in [1.807, 2.05) is 19.1 Å². The molecule has 0 aliphatic heterocycles. The highest BCUT2D eigenvalue weighted by Crippen LogP contribution is 2.16. The van der Waals surface area contributed by atoms with E-state index in [4.69, 9.17) is 0 Å². The van der Waals surface area contributed by atoms with Gasteiger partial charge < -0.3 is 9.53 Å². The molecule has 0 saturated carbocycles. The number of carbonyl (C=O) groups excluding carboxylic acids is 2. The second kappa shape index (κ2) is 4.37. The Kier molecular flexibility index (Phi) is 2.91. The molecule has 5 nitrogen and oxygen atoms in total. The van der Waals surface area contributed by atoms with Crippen molar-refractivity contribution < 1.29 is 14.3 Å². The quantitative estimate of drug-likeness (QED) is 0.588. The Labute approximate surface area is 98.0 Å². The number of hydrogen-bond donors (Lipinski definition) is 0. The molecule has 2 aromatic heterocycles. The molecule has 0 N–H and O–H groups in total. The maximum absolute atomic E-state index is 11.6. The van der Waals surface area contributed by atoms with E-state index in [1.165, 1.54) is 7.11 Å². The fourth-order valence-corrected chi connectivity index (χ4v) is 1.84. The molecule has 0 aliphatic rings. The van der Waals surface area contributed by atoms with Crippen molar-refractivity contribution in [3.8, 4) is 0 Å². The number of aryl methyl sites for hydroxylation is 1. The van der Waals surface area contributed by atoms with Crippen LogP contribution in [0.2, 0.25) is 0 Å². The smallest absolute Gasteiger partial charge is 0.358 e. The predicted octanol–water partition coefficient (Wildman–Crippen LogP) is 1.17. The molecule has 0 bridgehead atoms. The Balaban J connectivity index is 2.74. The second-order valence-electron chi connectivity index (χ2n) is 3.63. The van der Waals surface area contributed by atoms with Crippen molar-refractivity contribution >= 4 is 17.8 Å². The number of nitrogens with zero attached hydrogens (tertiary/aromatic N) is 2. The molecule has 0 fully saturated rings. The molecular weight excluding hydrogens is 220 g/mol. The van der Waals surface area contributed by atoms with Crippen LogP contribution in [0.3, 0.4) is 0 Å². The van der Waals surface area contributed by atoms with Crippen molar-refractivity contribution in [2.45, 2.75) is 13.3 Å². The first kappa shape index (κ1) is 11.3. The van der Waals surface area contributed by atoms with Crippen molar-refractivity contribution in [3.05, 3.63) is 35.4 Å². The number of aldehydes is 1. The van der Waals surface area contributed by atoms with Gasteiger partial charge in [-0.05, 0) is 19.1 Å². The van der Waals surface area contributed by atoms with Crippen LogP contribution in [0.5, 0.6) is 0 Å². The van der Waals surface area contributed by atoms with Gasteiger partial charge in [0.05, 0.1) is 19.0 Å². The SMILES string of the molecule is COC(=O)c1nc(CC=O)n2c(C)cccc12. The van der Waals surface area contributed by atoms with E-state index >= 15 is 0 Å². The van der Waals surface area contributed by atoms with Crippen molar-refractivity contribution in [1.29, 1.82) is 0 Å². The Morgan fingerprint density at radius 2 is 2.29 bits per heavy atom. The highest BCUT2D eigenvalue weighted by Gasteiger charge is 2.18. The van der Waals surface area contributed by atoms with Gasteiger partial charge in [0, 0.05) is 5.69 Å². The lowest BCUT2D eigenvalue weighted by Gasteiger charge is -2.02. The Morgan fingerprint density at radius 1 is 1.53 bits per heavy atom. The Bertz CT molecular complexity index is 587. The second-order valence-corrected chi connectivity index (χ2v) is 3.63. The van der Waals surface area contributed by atoms with Gasteiger partial charge in [-0.25, -0.2) is 9.78 Å². The normalized spacial score (nSPS) is 10.5. The molecule has 0 amide bonds. The van der Waals surface area contributed by atoms with Gasteiger partial charge in [0.15, 0.2) is 5.69 Å². The van der Waals surface area contributed by atoms with Crippen LogP contribution in [0, 0.1) is 6.92 Å². The summed E-state index contributed by atoms with van der Waals surface area (Å²) in [6, 6.07) is 5.51. The van der Waals surface area contributed by atoms with Crippen molar-refractivity contribution in [2.75, 3.05) is 7.11 Å². The standard InChI is InChI=1S/C12H12N2O3/c1-8-4-3-5-9-11(12(16)17-2)13-10(6-7-15)14(8)9/h3-5,7H,6H2,1-2H3. The van der Waals surface area contributed by atoms with Crippen LogP contribution >= 0.6 is 0 Å². The van der Waals surface area contributed by atoms with E-state index in [-0.39, 0.29) is 12.1 Å². The molecule has 88 valence electrons. The zero-order chi connectivity index (χ0) is 12.4. The number of imidazole rings is 1. The first-order valence-corrected chi connectivity index (χ1v) is 5.18. The average molecular weight is 232 g/mol. The first-order valence-electron chi connectivity index (χ1n) is 5.18. The summed E-state index contributed by atoms with van der Waals surface area (Å²) in [5, 5.41) is 0. The number of ether oxygens (including phenoxy) is 1. The van der Waals surface area contributed by atoms with Crippen LogP contribution in [0.1, 0.15) is 22.0 Å². The fraction of sp³-hybridized carbons (Fsp3) is 0.250. The molecule has 2 heterocycles. The average Bonchev–Trinajstić information content (AvgIpc) is 2.69. The van der Waals surface area contributed by atoms with Gasteiger partial charge in [0.2, 0.25) is 0 Å². The van der Waals surface area contributed by atoms with Gasteiger partial charge in [-0.3, -0.25) is 4.40 Å². The fourth-order valence-electron chi connectivity index (χ4n) is 1.84. The third kappa shape index (κ3) is 1.80. The first-order chi connectivity index (χ1) is 8.19. The summed E-state index contributed by atoms with van der Waals surface area (Å²) in [7, 11) is 1.31. The summed E-state index contributed by atoms with van der Waals surface area (Å²) < 4.78 is 6.46. The Hall–Kier alpha value is -2.17. The molecule has 0 aromatic carbocycles. The zero-order valence-electron chi connectivity index (χ0n) is 9.64. The molecule has 0 radical (unpaired) electrons. The Morgan fingerprint density at radius 3 is 2.94 bits per heavy atom. The summed E-state index contributed by atoms with van der Waals surface area (Å²) in [6.07, 6.45) is 0.936. The van der Waals surface area contributed by atoms with E-state index in [1.54, 1.807) is 10.5 Å². The van der Waals surface area contributed by atoms with Gasteiger partial charge in [-0.2, -0.15) is 0 Å². The molecule has 17 heavy (non-hydrogen) atoms. The van der Waals surface area contributed by atoms with Crippen LogP contribution < -0.4 is 0 Å². The molecule has 2 rings (SSSR count). The maximum atomic E-state index is 11.6. The molecule has 2 aromatic rings. The van der Waals surface area contributed by atoms with Gasteiger partial charge in [-0.15, -0.1) is 0 Å². The van der Waals surface area contributed by atoms with E-state index < -0.39 is 5.97 Å². The summed E-state index contributed by atoms with van der Waals surface area (Å²) in [4.78, 5) is 26.3. The number of esters is 1. The van der Waals surface area contributed by atoms with Crippen LogP contribution in [-0.2, 0) is 16.0 Å². The number of pyridine rings is 1. The van der Waals surface area contributed by atoms with Gasteiger partial charge in [-0.1, -0.05) is 6.07 Å². The molecule has 0 atom stereocenters. The van der Waals surface area contributed by atoms with Gasteiger partial charge >= 0.3 is 5.97 Å². The largest absolute Gasteiger partial charge is 0.464 e. The van der Waals surface area contributed by atoms with Gasteiger partial charge in [0.25, 0.3) is 0 Å². The topological polar surface area (TPSA) is 60.7 Å². The number of methoxy groups -OCH3 is 1. The van der Waals surface area contributed by atoms with Crippen molar-refractivity contribution in [2.24, 2.45) is 0 Å². The minimum atomic E-state index is -0.495. The predicted molar refractivity (Wildman–Crippen MR) is 61.0 cm³/mol. The molecule has 0 spiro atoms. The van der Waals surface area contributed by atoms with E-state index in [2.05, 4.69) is 9.72 Å². The van der Waals surface area contributed by atoms with Crippen LogP contribution in [-0.4, -0.2) is 28.7 Å². The van der Waals surface area contributed by atoms with Crippen molar-refractivity contribution in [3.63, 3.8) is 0 Å². The summed E-state index contributed by atoms with van der Waals surface area (Å²) in [5.74, 6) is 0.0544. The van der Waals surface area contributed by atoms with Gasteiger partial charge in [0.1, 0.15) is 12.1 Å². The maximum Gasteiger partial charge on any atom is 0.358 e. The zero-order valence-corrected chi connectivity index (χ0v) is 9.64. The van der Waals surface area contributed by atoms with Crippen LogP contribution in [0.25, 0.3) is 5.52 Å². The van der Waals surface area contributed by atoms with Crippen LogP contribution in [0.15, 0.2) is 18.2 Å². The highest BCUT2D eigenvalue weighted by molar-refractivity contribution is 5.95. The molecule has 0 aliphatic carbocycles. The number of carbonyl (C=O) groups is 2. The minimum Gasteiger partial charge on any atom is -0.464 e. The lowest BCUT2D eigenvalue weighted by atomic mass is 10.3. The molecule has 0 saturated heterocycles. The third-order valence-electron chi connectivity index (χ3n) is 2.57. The van der Waals surface area contributed by atoms with E-state index in [9.17, 15) is 9.59 Å². The number of aromatic nitrogens is 2. The number of fused-ring (bicyclic) bond motifs is 1. The highest BCUT2D eigenvalue weighted by atomic mass is 16.5. The molecule has 0 unspecified atom stereocenters. The lowest BCUT2D eigenvalue weighted by Crippen LogP contribution is -2.02. The number of hydrogen-bond acceptors (Lipinski definition) is 4. The molecule has 5 heteroatoms. The monoisotopic (exact) mass is 232 g/mol. The van der Waals surface area contributed by atoms with Crippen molar-refractivity contribution in [1.82, 2.24) is 9.38 Å². The third-order valence-corrected chi connectivity index (χ3v) is 2.57. The summed E-state index contributed by atoms with van der Waals surface area (Å²) in [5.41, 5.74) is 1.82. The molecular formula is C12H12N2O3. The van der Waals surface area contributed by atoms with E-state index in [0.717, 1.165) is 12.0 Å². The minimum absolute atomic E-state index is 0.170. The van der Waals surface area contributed by atoms with Crippen LogP contribution in [0.4, 0.5) is 0 Å². The lowest BCUT2D eigenvalue weighted by molar-refractivity contribution is -0.107. The summed E-state index contributed by atoms with van der Waals surface area (Å²) >= 11 is 0. The van der Waals surface area contributed by atoms with E-state index in [0.29, 0.717) is 11.3 Å². The summed E-state index contributed by atoms with van der Waals surface area (Å²) in [6.45, 7) is 1.89.